The molecule has 44 heavy (non-hydrogen) atoms. The number of allylic oxidation sites excluding steroid dienone is 19. The lowest BCUT2D eigenvalue weighted by molar-refractivity contribution is -0.135. The summed E-state index contributed by atoms with van der Waals surface area (Å²) in [5.41, 5.74) is 7.54. The van der Waals surface area contributed by atoms with E-state index in [1.165, 1.54) is 16.7 Å². The Balaban J connectivity index is 1.95. The lowest BCUT2D eigenvalue weighted by atomic mass is 9.69. The highest BCUT2D eigenvalue weighted by atomic mass is 16.3. The first-order valence-corrected chi connectivity index (χ1v) is 15.5. The first kappa shape index (κ1) is 36.9. The van der Waals surface area contributed by atoms with Crippen molar-refractivity contribution in [3.63, 3.8) is 0 Å². The fraction of sp³-hybridized carbons (Fsp3) is 0.425. The van der Waals surface area contributed by atoms with E-state index in [0.717, 1.165) is 35.1 Å². The van der Waals surface area contributed by atoms with Crippen molar-refractivity contribution in [2.45, 2.75) is 100 Å². The van der Waals surface area contributed by atoms with E-state index in [2.05, 4.69) is 77.2 Å². The topological polar surface area (TPSA) is 77.8 Å². The Hall–Kier alpha value is -3.31. The highest BCUT2D eigenvalue weighted by Crippen LogP contribution is 2.41. The first-order chi connectivity index (χ1) is 20.5. The van der Waals surface area contributed by atoms with Crippen LogP contribution in [0, 0.1) is 10.8 Å². The van der Waals surface area contributed by atoms with Crippen LogP contribution in [0.25, 0.3) is 0 Å². The van der Waals surface area contributed by atoms with Crippen LogP contribution in [0.5, 0.6) is 0 Å². The number of ketones is 1. The van der Waals surface area contributed by atoms with Crippen molar-refractivity contribution in [1.82, 2.24) is 0 Å². The van der Waals surface area contributed by atoms with Crippen molar-refractivity contribution in [3.05, 3.63) is 130 Å². The van der Waals surface area contributed by atoms with Crippen molar-refractivity contribution in [3.8, 4) is 0 Å². The average molecular weight is 599 g/mol. The summed E-state index contributed by atoms with van der Waals surface area (Å²) >= 11 is 0. The van der Waals surface area contributed by atoms with E-state index in [1.54, 1.807) is 6.92 Å². The molecule has 0 aliphatic heterocycles. The molecule has 2 aliphatic carbocycles. The maximum atomic E-state index is 12.3. The number of aliphatic hydroxyl groups excluding tert-OH is 3. The number of Topliss-reactive ketones (excluding diaryl/α,β-unsaturated/α-hetero) is 1. The summed E-state index contributed by atoms with van der Waals surface area (Å²) in [5.74, 6) is -0.418. The summed E-state index contributed by atoms with van der Waals surface area (Å²) in [7, 11) is 0. The third-order valence-electron chi connectivity index (χ3n) is 8.54. The van der Waals surface area contributed by atoms with Gasteiger partial charge in [-0.05, 0) is 76.5 Å². The van der Waals surface area contributed by atoms with Crippen molar-refractivity contribution >= 4 is 5.78 Å². The number of rotatable bonds is 10. The molecule has 0 aromatic carbocycles. The number of carbonyl (C=O) groups is 1. The van der Waals surface area contributed by atoms with Gasteiger partial charge < -0.3 is 15.3 Å². The normalized spacial score (nSPS) is 26.2. The maximum Gasteiger partial charge on any atom is 0.189 e. The largest absolute Gasteiger partial charge is 0.393 e. The monoisotopic (exact) mass is 598 g/mol. The summed E-state index contributed by atoms with van der Waals surface area (Å²) in [5, 5.41) is 30.5. The lowest BCUT2D eigenvalue weighted by Gasteiger charge is -2.39. The Kier molecular flexibility index (Phi) is 13.5. The molecule has 0 saturated carbocycles. The quantitative estimate of drug-likeness (QED) is 0.220. The first-order valence-electron chi connectivity index (χ1n) is 15.5. The van der Waals surface area contributed by atoms with Gasteiger partial charge in [-0.15, -0.1) is 0 Å². The highest BCUT2D eigenvalue weighted by molar-refractivity contribution is 6.01. The molecular formula is C40H54O4. The number of aliphatic hydroxyl groups is 3. The zero-order chi connectivity index (χ0) is 33.2. The van der Waals surface area contributed by atoms with Crippen molar-refractivity contribution in [2.75, 3.05) is 0 Å². The van der Waals surface area contributed by atoms with Gasteiger partial charge in [0.25, 0.3) is 0 Å². The highest BCUT2D eigenvalue weighted by Gasteiger charge is 2.45. The van der Waals surface area contributed by atoms with E-state index in [1.807, 2.05) is 70.2 Å². The standard InChI is InChI=1S/C40H54O4/c1-27(17-13-19-29(3)21-23-34-31(5)25-33(41)26-39(34,7)8)15-11-12-16-28(2)18-14-20-30(4)22-24-35-32(6)36(42)37(43)38(44)40(35,9)10/h11-24,33,37-38,41,43-44H,25-26H2,1-10H3/b12-11+,17-13+,18-14+,23-21+,24-22+,27-15+,28-16+,29-19+,30-20+/t33?,37?,38-/m0/s1. The molecule has 2 rings (SSSR count). The number of hydrogen-bond acceptors (Lipinski definition) is 4. The van der Waals surface area contributed by atoms with Crippen LogP contribution in [0.15, 0.2) is 130 Å². The van der Waals surface area contributed by atoms with Crippen LogP contribution in [0.1, 0.15) is 82.1 Å². The second-order valence-electron chi connectivity index (χ2n) is 13.6. The van der Waals surface area contributed by atoms with Gasteiger partial charge >= 0.3 is 0 Å². The Morgan fingerprint density at radius 1 is 0.682 bits per heavy atom. The molecule has 3 atom stereocenters. The molecule has 0 aromatic heterocycles. The van der Waals surface area contributed by atoms with Crippen molar-refractivity contribution in [1.29, 1.82) is 0 Å². The molecule has 0 radical (unpaired) electrons. The van der Waals surface area contributed by atoms with Crippen LogP contribution in [0.3, 0.4) is 0 Å². The molecule has 2 unspecified atom stereocenters. The second kappa shape index (κ2) is 16.1. The van der Waals surface area contributed by atoms with Gasteiger partial charge in [0.15, 0.2) is 5.78 Å². The van der Waals surface area contributed by atoms with Gasteiger partial charge in [0.05, 0.1) is 12.2 Å². The SMILES string of the molecule is CC1=C(/C=C/C(C)=C/C=C/C(C)=C/C=C/C=C(C)/C=C/C=C(C)/C=C/C2=C(C)C(=O)C(O)[C@H](O)C2(C)C)C(C)(C)CC(O)C1. The molecule has 0 bridgehead atoms. The Labute approximate surface area is 266 Å². The van der Waals surface area contributed by atoms with Gasteiger partial charge in [0.1, 0.15) is 6.10 Å². The van der Waals surface area contributed by atoms with E-state index in [9.17, 15) is 20.1 Å². The Bertz CT molecular complexity index is 1410. The average Bonchev–Trinajstić information content (AvgIpc) is 2.92. The smallest absolute Gasteiger partial charge is 0.189 e. The predicted octanol–water partition coefficient (Wildman–Crippen LogP) is 8.70. The summed E-state index contributed by atoms with van der Waals surface area (Å²) in [6.45, 7) is 20.1. The van der Waals surface area contributed by atoms with Gasteiger partial charge in [-0.2, -0.15) is 0 Å². The van der Waals surface area contributed by atoms with Crippen LogP contribution in [-0.2, 0) is 4.79 Å². The minimum atomic E-state index is -1.37. The zero-order valence-corrected chi connectivity index (χ0v) is 28.5. The molecule has 0 spiro atoms. The van der Waals surface area contributed by atoms with E-state index >= 15 is 0 Å². The molecule has 4 heteroatoms. The van der Waals surface area contributed by atoms with Gasteiger partial charge in [-0.3, -0.25) is 4.79 Å². The molecule has 3 N–H and O–H groups in total. The van der Waals surface area contributed by atoms with Crippen molar-refractivity contribution < 1.29 is 20.1 Å². The third kappa shape index (κ3) is 10.4. The van der Waals surface area contributed by atoms with Crippen LogP contribution < -0.4 is 0 Å². The summed E-state index contributed by atoms with van der Waals surface area (Å²) < 4.78 is 0. The van der Waals surface area contributed by atoms with Crippen LogP contribution in [-0.4, -0.2) is 39.4 Å². The summed E-state index contributed by atoms with van der Waals surface area (Å²) in [4.78, 5) is 12.3. The maximum absolute atomic E-state index is 12.3. The molecule has 238 valence electrons. The molecule has 0 saturated heterocycles. The van der Waals surface area contributed by atoms with E-state index in [-0.39, 0.29) is 11.5 Å². The Morgan fingerprint density at radius 2 is 1.11 bits per heavy atom. The van der Waals surface area contributed by atoms with E-state index < -0.39 is 23.4 Å². The molecule has 2 aliphatic rings. The minimum Gasteiger partial charge on any atom is -0.393 e. The van der Waals surface area contributed by atoms with Crippen LogP contribution in [0.4, 0.5) is 0 Å². The Morgan fingerprint density at radius 3 is 1.59 bits per heavy atom. The van der Waals surface area contributed by atoms with Gasteiger partial charge in [0, 0.05) is 5.41 Å². The molecule has 0 heterocycles. The fourth-order valence-electron chi connectivity index (χ4n) is 5.82. The van der Waals surface area contributed by atoms with Gasteiger partial charge in [0.2, 0.25) is 0 Å². The lowest BCUT2D eigenvalue weighted by Crippen LogP contribution is -2.49. The summed E-state index contributed by atoms with van der Waals surface area (Å²) in [6, 6.07) is 0. The van der Waals surface area contributed by atoms with E-state index in [0.29, 0.717) is 5.57 Å². The predicted molar refractivity (Wildman–Crippen MR) is 186 cm³/mol. The molecule has 0 amide bonds. The third-order valence-corrected chi connectivity index (χ3v) is 8.54. The molecule has 4 nitrogen and oxygen atoms in total. The van der Waals surface area contributed by atoms with Gasteiger partial charge in [-0.1, -0.05) is 141 Å². The number of hydrogen-bond donors (Lipinski definition) is 3. The number of carbonyl (C=O) groups excluding carboxylic acids is 1. The zero-order valence-electron chi connectivity index (χ0n) is 28.5. The van der Waals surface area contributed by atoms with E-state index in [4.69, 9.17) is 0 Å². The van der Waals surface area contributed by atoms with Gasteiger partial charge in [-0.25, -0.2) is 0 Å². The molecule has 0 fully saturated rings. The fourth-order valence-corrected chi connectivity index (χ4v) is 5.82. The van der Waals surface area contributed by atoms with Crippen LogP contribution in [0.2, 0.25) is 0 Å². The summed E-state index contributed by atoms with van der Waals surface area (Å²) in [6.07, 6.45) is 27.4. The van der Waals surface area contributed by atoms with Crippen molar-refractivity contribution in [2.24, 2.45) is 10.8 Å². The molecule has 0 aromatic rings. The molecular weight excluding hydrogens is 544 g/mol. The minimum absolute atomic E-state index is 0.0128. The second-order valence-corrected chi connectivity index (χ2v) is 13.6. The van der Waals surface area contributed by atoms with Crippen LogP contribution >= 0.6 is 0 Å².